The van der Waals surface area contributed by atoms with Gasteiger partial charge in [-0.2, -0.15) is 0 Å². The Bertz CT molecular complexity index is 1010. The SMILES string of the molecule is CCCCCOP(=O)(O)OCC1C[C@@H](OP(=O)(O)OC[C@@H]2C[C@@H](O)CN2C(=O)CCCSSCCN)CN1C(=O)CCCCCN. The molecule has 0 radical (unpaired) electrons. The van der Waals surface area contributed by atoms with Crippen molar-refractivity contribution in [3.05, 3.63) is 0 Å². The maximum atomic E-state index is 13.1. The summed E-state index contributed by atoms with van der Waals surface area (Å²) in [6.45, 7) is 2.58. The van der Waals surface area contributed by atoms with Crippen LogP contribution >= 0.6 is 37.2 Å². The molecule has 0 spiro atoms. The maximum absolute atomic E-state index is 13.1. The fourth-order valence-corrected chi connectivity index (χ4v) is 8.94. The minimum atomic E-state index is -4.65. The molecular weight excluding hydrogens is 682 g/mol. The predicted octanol–water partition coefficient (Wildman–Crippen LogP) is 3.01. The Hall–Kier alpha value is -0.260. The van der Waals surface area contributed by atoms with Crippen molar-refractivity contribution in [3.8, 4) is 0 Å². The van der Waals surface area contributed by atoms with Crippen LogP contribution in [0.3, 0.4) is 0 Å². The summed E-state index contributed by atoms with van der Waals surface area (Å²) in [4.78, 5) is 49.5. The van der Waals surface area contributed by atoms with Crippen LogP contribution in [0.25, 0.3) is 0 Å². The number of nitrogens with two attached hydrogens (primary N) is 2. The number of hydrogen-bond acceptors (Lipinski definition) is 13. The number of carbonyl (C=O) groups excluding carboxylic acids is 2. The van der Waals surface area contributed by atoms with Crippen LogP contribution in [0, 0.1) is 0 Å². The first-order valence-electron chi connectivity index (χ1n) is 16.1. The molecular formula is C27H54N4O11P2S2. The number of phosphoric ester groups is 2. The van der Waals surface area contributed by atoms with Gasteiger partial charge in [0.25, 0.3) is 0 Å². The van der Waals surface area contributed by atoms with E-state index < -0.39 is 39.9 Å². The van der Waals surface area contributed by atoms with Crippen molar-refractivity contribution >= 4 is 49.0 Å². The Morgan fingerprint density at radius 2 is 1.41 bits per heavy atom. The van der Waals surface area contributed by atoms with E-state index in [1.54, 1.807) is 21.6 Å². The lowest BCUT2D eigenvalue weighted by Crippen LogP contribution is -2.38. The third kappa shape index (κ3) is 16.4. The van der Waals surface area contributed by atoms with Crippen LogP contribution in [0.4, 0.5) is 0 Å². The van der Waals surface area contributed by atoms with Crippen LogP contribution in [-0.4, -0.2) is 118 Å². The topological polar surface area (TPSA) is 224 Å². The molecule has 2 fully saturated rings. The van der Waals surface area contributed by atoms with Crippen molar-refractivity contribution < 1.29 is 51.7 Å². The Labute approximate surface area is 280 Å². The minimum Gasteiger partial charge on any atom is -0.391 e. The highest BCUT2D eigenvalue weighted by Gasteiger charge is 2.42. The van der Waals surface area contributed by atoms with Crippen molar-refractivity contribution in [2.24, 2.45) is 11.5 Å². The molecule has 2 heterocycles. The largest absolute Gasteiger partial charge is 0.472 e. The molecule has 3 unspecified atom stereocenters. The van der Waals surface area contributed by atoms with Gasteiger partial charge in [-0.25, -0.2) is 9.13 Å². The molecule has 0 aromatic carbocycles. The van der Waals surface area contributed by atoms with E-state index in [9.17, 15) is 33.6 Å². The molecule has 2 rings (SSSR count). The van der Waals surface area contributed by atoms with Gasteiger partial charge in [-0.1, -0.05) is 47.8 Å². The molecule has 6 atom stereocenters. The molecule has 2 amide bonds. The minimum absolute atomic E-state index is 0.0426. The molecule has 19 heteroatoms. The highest BCUT2D eigenvalue weighted by atomic mass is 33.1. The molecule has 7 N–H and O–H groups in total. The van der Waals surface area contributed by atoms with Gasteiger partial charge in [-0.05, 0) is 45.1 Å². The second-order valence-corrected chi connectivity index (χ2v) is 17.0. The standard InChI is InChI=1S/C27H54N4O11P2S2/c1-2-3-7-13-39-43(35,36)40-21-23-17-25(19-31(23)26(33)9-5-4-6-11-28)42-44(37,38)41-20-22-16-24(32)18-30(22)27(34)10-8-14-45-46-15-12-29/h22-25,32H,2-21,28-29H2,1H3,(H,35,36)(H,37,38)/t22-,23?,24+,25+/m0/s1. The number of likely N-dealkylation sites (tertiary alicyclic amines) is 2. The molecule has 0 aromatic rings. The number of phosphoric acid groups is 2. The van der Waals surface area contributed by atoms with Crippen LogP contribution in [0.5, 0.6) is 0 Å². The highest BCUT2D eigenvalue weighted by Crippen LogP contribution is 2.48. The van der Waals surface area contributed by atoms with Crippen molar-refractivity contribution in [2.75, 3.05) is 57.5 Å². The average molecular weight is 737 g/mol. The van der Waals surface area contributed by atoms with Gasteiger partial charge in [0.15, 0.2) is 0 Å². The third-order valence-corrected chi connectivity index (χ3v) is 12.1. The van der Waals surface area contributed by atoms with Gasteiger partial charge < -0.3 is 36.2 Å². The quantitative estimate of drug-likeness (QED) is 0.0516. The number of nitrogens with zero attached hydrogens (tertiary/aromatic N) is 2. The smallest absolute Gasteiger partial charge is 0.391 e. The lowest BCUT2D eigenvalue weighted by Gasteiger charge is -2.26. The van der Waals surface area contributed by atoms with Gasteiger partial charge in [0.1, 0.15) is 0 Å². The number of amides is 2. The number of β-amino-alcohol motifs (C(OH)–C–C–N with tert-alkyl or cyclic N) is 1. The van der Waals surface area contributed by atoms with Gasteiger partial charge in [-0.3, -0.25) is 27.7 Å². The lowest BCUT2D eigenvalue weighted by molar-refractivity contribution is -0.133. The van der Waals surface area contributed by atoms with E-state index in [-0.39, 0.29) is 70.4 Å². The fraction of sp³-hybridized carbons (Fsp3) is 0.926. The fourth-order valence-electron chi connectivity index (χ4n) is 5.25. The number of aliphatic hydroxyl groups is 1. The maximum Gasteiger partial charge on any atom is 0.472 e. The number of rotatable bonds is 25. The van der Waals surface area contributed by atoms with Crippen molar-refractivity contribution in [2.45, 2.75) is 102 Å². The van der Waals surface area contributed by atoms with E-state index in [0.29, 0.717) is 32.4 Å². The summed E-state index contributed by atoms with van der Waals surface area (Å²) >= 11 is 0. The third-order valence-electron chi connectivity index (χ3n) is 7.55. The van der Waals surface area contributed by atoms with E-state index in [2.05, 4.69) is 0 Å². The van der Waals surface area contributed by atoms with E-state index in [0.717, 1.165) is 37.2 Å². The Balaban J connectivity index is 1.94. The van der Waals surface area contributed by atoms with Crippen LogP contribution in [0.1, 0.15) is 77.6 Å². The zero-order valence-electron chi connectivity index (χ0n) is 26.8. The van der Waals surface area contributed by atoms with Crippen LogP contribution in [0.15, 0.2) is 0 Å². The Kier molecular flexibility index (Phi) is 20.5. The predicted molar refractivity (Wildman–Crippen MR) is 179 cm³/mol. The molecule has 0 saturated carbocycles. The van der Waals surface area contributed by atoms with Crippen molar-refractivity contribution in [1.29, 1.82) is 0 Å². The Morgan fingerprint density at radius 3 is 2.09 bits per heavy atom. The van der Waals surface area contributed by atoms with Crippen LogP contribution in [0.2, 0.25) is 0 Å². The number of hydrogen-bond donors (Lipinski definition) is 5. The molecule has 0 aliphatic carbocycles. The summed E-state index contributed by atoms with van der Waals surface area (Å²) in [5.74, 6) is 1.19. The molecule has 2 aliphatic rings. The summed E-state index contributed by atoms with van der Waals surface area (Å²) in [5, 5.41) is 10.2. The van der Waals surface area contributed by atoms with E-state index in [1.165, 1.54) is 9.80 Å². The zero-order chi connectivity index (χ0) is 34.0. The van der Waals surface area contributed by atoms with Crippen molar-refractivity contribution in [3.63, 3.8) is 0 Å². The zero-order valence-corrected chi connectivity index (χ0v) is 30.2. The Morgan fingerprint density at radius 1 is 0.783 bits per heavy atom. The molecule has 270 valence electrons. The summed E-state index contributed by atoms with van der Waals surface area (Å²) in [7, 11) is -5.73. The lowest BCUT2D eigenvalue weighted by atomic mass is 10.1. The van der Waals surface area contributed by atoms with E-state index in [1.807, 2.05) is 6.92 Å². The summed E-state index contributed by atoms with van der Waals surface area (Å²) in [6.07, 6.45) is 4.18. The van der Waals surface area contributed by atoms with Gasteiger partial charge in [-0.15, -0.1) is 0 Å². The van der Waals surface area contributed by atoms with Gasteiger partial charge in [0.2, 0.25) is 11.8 Å². The van der Waals surface area contributed by atoms with Crippen LogP contribution < -0.4 is 11.5 Å². The van der Waals surface area contributed by atoms with Crippen LogP contribution in [-0.2, 0) is 36.8 Å². The summed E-state index contributed by atoms with van der Waals surface area (Å²) < 4.78 is 46.3. The van der Waals surface area contributed by atoms with Gasteiger partial charge in [0, 0.05) is 44.0 Å². The molecule has 0 bridgehead atoms. The normalized spacial score (nSPS) is 24.3. The monoisotopic (exact) mass is 736 g/mol. The van der Waals surface area contributed by atoms with E-state index >= 15 is 0 Å². The number of aliphatic hydroxyl groups excluding tert-OH is 1. The highest BCUT2D eigenvalue weighted by molar-refractivity contribution is 8.76. The van der Waals surface area contributed by atoms with E-state index in [4.69, 9.17) is 29.6 Å². The van der Waals surface area contributed by atoms with Gasteiger partial charge in [0.05, 0.1) is 44.1 Å². The first-order valence-corrected chi connectivity index (χ1v) is 21.6. The molecule has 2 aliphatic heterocycles. The number of unbranched alkanes of at least 4 members (excludes halogenated alkanes) is 4. The van der Waals surface area contributed by atoms with Gasteiger partial charge >= 0.3 is 15.6 Å². The molecule has 0 aromatic heterocycles. The second-order valence-electron chi connectivity index (χ2n) is 11.5. The second kappa shape index (κ2) is 22.5. The molecule has 46 heavy (non-hydrogen) atoms. The summed E-state index contributed by atoms with van der Waals surface area (Å²) in [6, 6.07) is -1.30. The van der Waals surface area contributed by atoms with Crippen molar-refractivity contribution in [1.82, 2.24) is 9.80 Å². The molecule has 15 nitrogen and oxygen atoms in total. The average Bonchev–Trinajstić information content (AvgIpc) is 3.59. The molecule has 2 saturated heterocycles. The first-order chi connectivity index (χ1) is 21.9. The summed E-state index contributed by atoms with van der Waals surface area (Å²) in [5.41, 5.74) is 11.0. The number of carbonyl (C=O) groups is 2. The first kappa shape index (κ1) is 41.9.